The van der Waals surface area contributed by atoms with Gasteiger partial charge in [-0.1, -0.05) is 6.92 Å². The topological polar surface area (TPSA) is 94.8 Å². The molecule has 2 saturated heterocycles. The lowest BCUT2D eigenvalue weighted by Gasteiger charge is -2.40. The van der Waals surface area contributed by atoms with E-state index in [0.717, 1.165) is 51.8 Å². The van der Waals surface area contributed by atoms with E-state index in [1.54, 1.807) is 24.3 Å². The highest BCUT2D eigenvalue weighted by atomic mass is 19.4. The lowest BCUT2D eigenvalue weighted by Crippen LogP contribution is -2.50. The molecular weight excluding hydrogens is 537 g/mol. The highest BCUT2D eigenvalue weighted by molar-refractivity contribution is 5.97. The van der Waals surface area contributed by atoms with Gasteiger partial charge in [0.1, 0.15) is 17.2 Å². The minimum absolute atomic E-state index is 0.00588. The quantitative estimate of drug-likeness (QED) is 0.328. The number of H-pyrrole nitrogens is 1. The Labute approximate surface area is 237 Å². The van der Waals surface area contributed by atoms with Gasteiger partial charge in [-0.05, 0) is 44.4 Å². The molecule has 5 rings (SSSR count). The molecule has 41 heavy (non-hydrogen) atoms. The number of nitrogens with one attached hydrogen (secondary N) is 3. The van der Waals surface area contributed by atoms with E-state index in [1.807, 2.05) is 18.7 Å². The maximum atomic E-state index is 13.7. The summed E-state index contributed by atoms with van der Waals surface area (Å²) in [5.41, 5.74) is 0.718. The average Bonchev–Trinajstić information content (AvgIpc) is 3.43. The molecule has 1 atom stereocenters. The molecule has 2 aromatic heterocycles. The summed E-state index contributed by atoms with van der Waals surface area (Å²) in [7, 11) is 1.51. The molecule has 0 aliphatic carbocycles. The third-order valence-corrected chi connectivity index (χ3v) is 7.99. The van der Waals surface area contributed by atoms with Gasteiger partial charge in [0.05, 0.1) is 37.0 Å². The van der Waals surface area contributed by atoms with E-state index < -0.39 is 11.7 Å². The Hall–Kier alpha value is -3.51. The fourth-order valence-corrected chi connectivity index (χ4v) is 5.53. The van der Waals surface area contributed by atoms with E-state index >= 15 is 0 Å². The molecule has 3 N–H and O–H groups in total. The minimum atomic E-state index is -4.52. The Kier molecular flexibility index (Phi) is 8.60. The minimum Gasteiger partial charge on any atom is -0.495 e. The van der Waals surface area contributed by atoms with E-state index in [2.05, 4.69) is 25.5 Å². The van der Waals surface area contributed by atoms with Crippen LogP contribution >= 0.6 is 0 Å². The van der Waals surface area contributed by atoms with Crippen LogP contribution in [0.4, 0.5) is 30.4 Å². The summed E-state index contributed by atoms with van der Waals surface area (Å²) in [5, 5.41) is 6.34. The molecule has 222 valence electrons. The van der Waals surface area contributed by atoms with Crippen molar-refractivity contribution in [3.63, 3.8) is 0 Å². The number of likely N-dealkylation sites (tertiary alicyclic amines) is 1. The molecule has 0 saturated carbocycles. The number of carbonyl (C=O) groups excluding carboxylic acids is 1. The summed E-state index contributed by atoms with van der Waals surface area (Å²) < 4.78 is 52.1. The maximum Gasteiger partial charge on any atom is 0.418 e. The van der Waals surface area contributed by atoms with E-state index in [4.69, 9.17) is 9.47 Å². The van der Waals surface area contributed by atoms with Crippen molar-refractivity contribution in [2.24, 2.45) is 0 Å². The molecular formula is C29H37F3N6O3. The van der Waals surface area contributed by atoms with Gasteiger partial charge in [0.2, 0.25) is 0 Å². The van der Waals surface area contributed by atoms with Crippen LogP contribution in [0.25, 0.3) is 11.0 Å². The zero-order valence-electron chi connectivity index (χ0n) is 23.6. The smallest absolute Gasteiger partial charge is 0.418 e. The molecule has 9 nitrogen and oxygen atoms in total. The van der Waals surface area contributed by atoms with Crippen molar-refractivity contribution < 1.29 is 27.4 Å². The van der Waals surface area contributed by atoms with Crippen molar-refractivity contribution in [3.05, 3.63) is 41.6 Å². The van der Waals surface area contributed by atoms with Crippen molar-refractivity contribution in [1.82, 2.24) is 19.8 Å². The first kappa shape index (κ1) is 29.0. The second kappa shape index (κ2) is 12.2. The van der Waals surface area contributed by atoms with E-state index in [-0.39, 0.29) is 23.0 Å². The highest BCUT2D eigenvalue weighted by Gasteiger charge is 2.35. The number of amides is 1. The fourth-order valence-electron chi connectivity index (χ4n) is 5.53. The molecule has 0 bridgehead atoms. The lowest BCUT2D eigenvalue weighted by atomic mass is 10.0. The first-order valence-electron chi connectivity index (χ1n) is 14.1. The average molecular weight is 575 g/mol. The molecule has 2 fully saturated rings. The maximum absolute atomic E-state index is 13.7. The van der Waals surface area contributed by atoms with E-state index in [0.29, 0.717) is 47.6 Å². The van der Waals surface area contributed by atoms with Crippen LogP contribution < -0.4 is 15.4 Å². The van der Waals surface area contributed by atoms with Crippen LogP contribution in [0.2, 0.25) is 0 Å². The standard InChI is InChI=1S/C29H37F3N6O3/c1-4-18(2)34-23-16-25(36-27-26(23)21(17-33-27)29(30,31)32)35-22-6-5-19(15-24(22)40-3)28(39)38-9-7-20(8-10-38)37-11-13-41-14-12-37/h5-6,15-18,20H,4,7-14H2,1-3H3,(H3,33,34,35,36). The number of morpholine rings is 1. The number of carbonyl (C=O) groups is 1. The molecule has 2 aliphatic rings. The van der Waals surface area contributed by atoms with Crippen molar-refractivity contribution in [1.29, 1.82) is 0 Å². The number of halogens is 3. The molecule has 1 unspecified atom stereocenters. The zero-order valence-corrected chi connectivity index (χ0v) is 23.6. The Morgan fingerprint density at radius 3 is 2.56 bits per heavy atom. The van der Waals surface area contributed by atoms with Gasteiger partial charge >= 0.3 is 6.18 Å². The molecule has 12 heteroatoms. The molecule has 1 aromatic carbocycles. The Morgan fingerprint density at radius 1 is 1.17 bits per heavy atom. The van der Waals surface area contributed by atoms with Crippen molar-refractivity contribution in [3.8, 4) is 5.75 Å². The number of ether oxygens (including phenoxy) is 2. The first-order chi connectivity index (χ1) is 19.7. The fraction of sp³-hybridized carbons (Fsp3) is 0.517. The summed E-state index contributed by atoms with van der Waals surface area (Å²) in [4.78, 5) is 24.7. The molecule has 0 spiro atoms. The monoisotopic (exact) mass is 574 g/mol. The summed E-state index contributed by atoms with van der Waals surface area (Å²) in [5.74, 6) is 0.710. The van der Waals surface area contributed by atoms with Gasteiger partial charge in [0.25, 0.3) is 5.91 Å². The van der Waals surface area contributed by atoms with E-state index in [9.17, 15) is 18.0 Å². The zero-order chi connectivity index (χ0) is 29.1. The summed E-state index contributed by atoms with van der Waals surface area (Å²) in [6.45, 7) is 8.64. The van der Waals surface area contributed by atoms with Crippen molar-refractivity contribution in [2.75, 3.05) is 57.1 Å². The first-order valence-corrected chi connectivity index (χ1v) is 14.1. The third-order valence-electron chi connectivity index (χ3n) is 7.99. The predicted octanol–water partition coefficient (Wildman–Crippen LogP) is 5.48. The molecule has 0 radical (unpaired) electrons. The Bertz CT molecular complexity index is 1360. The van der Waals surface area contributed by atoms with Gasteiger partial charge in [0, 0.05) is 61.8 Å². The summed E-state index contributed by atoms with van der Waals surface area (Å²) in [6.07, 6.45) is -0.998. The number of anilines is 3. The number of pyridine rings is 1. The predicted molar refractivity (Wildman–Crippen MR) is 152 cm³/mol. The lowest BCUT2D eigenvalue weighted by molar-refractivity contribution is -0.136. The van der Waals surface area contributed by atoms with Crippen LogP contribution in [0.3, 0.4) is 0 Å². The number of methoxy groups -OCH3 is 1. The number of alkyl halides is 3. The van der Waals surface area contributed by atoms with Gasteiger partial charge in [0.15, 0.2) is 0 Å². The van der Waals surface area contributed by atoms with Crippen LogP contribution in [0.1, 0.15) is 49.0 Å². The normalized spacial score (nSPS) is 18.0. The van der Waals surface area contributed by atoms with Crippen LogP contribution in [0.15, 0.2) is 30.5 Å². The second-order valence-corrected chi connectivity index (χ2v) is 10.6. The number of nitrogens with zero attached hydrogens (tertiary/aromatic N) is 3. The van der Waals surface area contributed by atoms with Crippen LogP contribution in [-0.4, -0.2) is 84.3 Å². The van der Waals surface area contributed by atoms with Gasteiger partial charge in [-0.3, -0.25) is 9.69 Å². The Morgan fingerprint density at radius 2 is 1.90 bits per heavy atom. The summed E-state index contributed by atoms with van der Waals surface area (Å²) in [6, 6.07) is 7.13. The van der Waals surface area contributed by atoms with Gasteiger partial charge in [-0.2, -0.15) is 13.2 Å². The summed E-state index contributed by atoms with van der Waals surface area (Å²) >= 11 is 0. The molecule has 1 amide bonds. The third kappa shape index (κ3) is 6.38. The van der Waals surface area contributed by atoms with Gasteiger partial charge < -0.3 is 30.0 Å². The van der Waals surface area contributed by atoms with Crippen molar-refractivity contribution in [2.45, 2.75) is 51.4 Å². The van der Waals surface area contributed by atoms with Crippen molar-refractivity contribution >= 4 is 34.1 Å². The molecule has 3 aromatic rings. The molecule has 4 heterocycles. The number of hydrogen-bond acceptors (Lipinski definition) is 7. The van der Waals surface area contributed by atoms with Crippen LogP contribution in [-0.2, 0) is 10.9 Å². The molecule has 2 aliphatic heterocycles. The number of hydrogen-bond donors (Lipinski definition) is 3. The number of aromatic nitrogens is 2. The largest absolute Gasteiger partial charge is 0.495 e. The van der Waals surface area contributed by atoms with Gasteiger partial charge in [-0.15, -0.1) is 0 Å². The SMILES string of the molecule is CCC(C)Nc1cc(Nc2ccc(C(=O)N3CCC(N4CCOCC4)CC3)cc2OC)nc2[nH]cc(C(F)(F)F)c12. The van der Waals surface area contributed by atoms with Crippen LogP contribution in [0.5, 0.6) is 5.75 Å². The number of fused-ring (bicyclic) bond motifs is 1. The second-order valence-electron chi connectivity index (χ2n) is 10.6. The van der Waals surface area contributed by atoms with Gasteiger partial charge in [-0.25, -0.2) is 4.98 Å². The van der Waals surface area contributed by atoms with Crippen LogP contribution in [0, 0.1) is 0 Å². The van der Waals surface area contributed by atoms with E-state index in [1.165, 1.54) is 7.11 Å². The highest BCUT2D eigenvalue weighted by Crippen LogP contribution is 2.40. The number of aromatic amines is 1. The number of piperidine rings is 1. The Balaban J connectivity index is 1.34. The number of benzene rings is 1. The number of rotatable bonds is 8.